The average molecular weight is 770 g/mol. The van der Waals surface area contributed by atoms with Crippen molar-refractivity contribution in [2.24, 2.45) is 0 Å². The van der Waals surface area contributed by atoms with Crippen LogP contribution in [0.2, 0.25) is 0 Å². The topological polar surface area (TPSA) is 299 Å². The van der Waals surface area contributed by atoms with E-state index >= 15 is 0 Å². The highest BCUT2D eigenvalue weighted by Gasteiger charge is 2.28. The number of hydrogen-bond donors (Lipinski definition) is 10. The molecule has 10 N–H and O–H groups in total. The maximum absolute atomic E-state index is 12.2. The first-order valence-corrected chi connectivity index (χ1v) is 17.2. The highest BCUT2D eigenvalue weighted by molar-refractivity contribution is 7.80. The van der Waals surface area contributed by atoms with Gasteiger partial charge in [0.05, 0.1) is 19.6 Å². The molecule has 1 saturated heterocycles. The van der Waals surface area contributed by atoms with Crippen LogP contribution < -0.4 is 21.3 Å². The second-order valence-corrected chi connectivity index (χ2v) is 12.8. The normalized spacial score (nSPS) is 16.8. The van der Waals surface area contributed by atoms with E-state index in [2.05, 4.69) is 21.3 Å². The van der Waals surface area contributed by atoms with Crippen LogP contribution in [0, 0.1) is 0 Å². The van der Waals surface area contributed by atoms with Gasteiger partial charge in [-0.05, 0) is 62.0 Å². The van der Waals surface area contributed by atoms with Crippen molar-refractivity contribution in [3.63, 3.8) is 0 Å². The number of carboxylic acid groups (broad SMARTS) is 6. The maximum Gasteiger partial charge on any atom is 0.326 e. The Morgan fingerprint density at radius 1 is 0.698 bits per heavy atom. The van der Waals surface area contributed by atoms with Gasteiger partial charge in [0.2, 0.25) is 0 Å². The van der Waals surface area contributed by atoms with Crippen molar-refractivity contribution in [1.29, 1.82) is 0 Å². The molecular weight excluding hydrogens is 722 g/mol. The number of nitrogens with one attached hydrogen (secondary N) is 4. The summed E-state index contributed by atoms with van der Waals surface area (Å²) in [6.07, 6.45) is 0.359. The van der Waals surface area contributed by atoms with Crippen molar-refractivity contribution in [2.45, 2.75) is 56.7 Å². The number of aliphatic carboxylic acids is 6. The molecule has 53 heavy (non-hydrogen) atoms. The summed E-state index contributed by atoms with van der Waals surface area (Å²) >= 11 is 5.35. The van der Waals surface area contributed by atoms with Crippen molar-refractivity contribution in [3.8, 4) is 0 Å². The van der Waals surface area contributed by atoms with Crippen LogP contribution in [0.4, 0.5) is 10.5 Å². The third kappa shape index (κ3) is 18.3. The minimum absolute atomic E-state index is 0.0263. The average Bonchev–Trinajstić information content (AvgIpc) is 3.12. The van der Waals surface area contributed by atoms with E-state index < -0.39 is 60.4 Å². The number of unbranched alkanes of at least 4 members (excludes halogenated alkanes) is 1. The monoisotopic (exact) mass is 769 g/mol. The van der Waals surface area contributed by atoms with E-state index in [0.29, 0.717) is 51.1 Å². The quantitative estimate of drug-likeness (QED) is 0.0546. The van der Waals surface area contributed by atoms with Crippen LogP contribution in [-0.2, 0) is 35.2 Å². The smallest absolute Gasteiger partial charge is 0.326 e. The Labute approximate surface area is 310 Å². The molecule has 3 atom stereocenters. The van der Waals surface area contributed by atoms with Crippen LogP contribution >= 0.6 is 12.2 Å². The number of nitrogens with zero attached hydrogens (tertiary/aromatic N) is 3. The fourth-order valence-electron chi connectivity index (χ4n) is 5.60. The Bertz CT molecular complexity index is 1450. The van der Waals surface area contributed by atoms with E-state index in [-0.39, 0.29) is 56.7 Å². The number of amides is 2. The zero-order valence-corrected chi connectivity index (χ0v) is 29.8. The Hall–Kier alpha value is -5.12. The number of carboxylic acids is 6. The Balaban J connectivity index is 1.91. The van der Waals surface area contributed by atoms with Gasteiger partial charge in [-0.2, -0.15) is 0 Å². The van der Waals surface area contributed by atoms with Crippen LogP contribution in [0.1, 0.15) is 37.7 Å². The van der Waals surface area contributed by atoms with Gasteiger partial charge in [0.1, 0.15) is 12.1 Å². The second-order valence-electron chi connectivity index (χ2n) is 12.4. The number of rotatable bonds is 21. The summed E-state index contributed by atoms with van der Waals surface area (Å²) in [5.41, 5.74) is 1.49. The standard InChI is InChI=1S/C32H47N7O13S/c40-25(41)9-8-24(30(50)51)36-31(52)35-23(29(48)49)3-1-2-10-33-32(53)34-21-6-4-20(5-7-21)15-22-16-38(18-27(44)45)12-11-37(17-26(42)43)13-14-39(22)19-28(46)47/h4-7,22-24H,1-3,8-19H2,(H,40,41)(H,42,43)(H,44,45)(H,46,47)(H,48,49)(H,50,51)(H2,33,34,53)(H2,35,36,52)/t22?,23-,24-/m0/s1. The van der Waals surface area contributed by atoms with Crippen molar-refractivity contribution in [1.82, 2.24) is 30.7 Å². The van der Waals surface area contributed by atoms with E-state index in [1.807, 2.05) is 12.1 Å². The van der Waals surface area contributed by atoms with E-state index in [1.54, 1.807) is 26.8 Å². The molecule has 0 bridgehead atoms. The second kappa shape index (κ2) is 22.7. The number of anilines is 1. The van der Waals surface area contributed by atoms with E-state index in [0.717, 1.165) is 5.56 Å². The van der Waals surface area contributed by atoms with Crippen LogP contribution in [0.15, 0.2) is 24.3 Å². The molecule has 294 valence electrons. The lowest BCUT2D eigenvalue weighted by Crippen LogP contribution is -2.51. The molecule has 1 aliphatic rings. The number of thiocarbonyl (C=S) groups is 1. The minimum atomic E-state index is -1.50. The zero-order chi connectivity index (χ0) is 39.5. The Morgan fingerprint density at radius 2 is 1.25 bits per heavy atom. The van der Waals surface area contributed by atoms with Gasteiger partial charge in [-0.15, -0.1) is 0 Å². The molecule has 21 heteroatoms. The minimum Gasteiger partial charge on any atom is -0.481 e. The van der Waals surface area contributed by atoms with Crippen molar-refractivity contribution in [3.05, 3.63) is 29.8 Å². The van der Waals surface area contributed by atoms with Crippen LogP contribution in [-0.4, -0.2) is 169 Å². The zero-order valence-electron chi connectivity index (χ0n) is 28.9. The molecule has 0 saturated carbocycles. The summed E-state index contributed by atoms with van der Waals surface area (Å²) in [6.45, 7) is 0.951. The third-order valence-electron chi connectivity index (χ3n) is 8.22. The number of benzene rings is 1. The van der Waals surface area contributed by atoms with Crippen molar-refractivity contribution in [2.75, 3.05) is 64.2 Å². The van der Waals surface area contributed by atoms with Gasteiger partial charge in [0.15, 0.2) is 5.11 Å². The highest BCUT2D eigenvalue weighted by atomic mass is 32.1. The summed E-state index contributed by atoms with van der Waals surface area (Å²) in [5, 5.41) is 66.3. The lowest BCUT2D eigenvalue weighted by molar-refractivity contribution is -0.141. The fraction of sp³-hybridized carbons (Fsp3) is 0.562. The largest absolute Gasteiger partial charge is 0.481 e. The van der Waals surface area contributed by atoms with Gasteiger partial charge in [-0.3, -0.25) is 33.9 Å². The Morgan fingerprint density at radius 3 is 1.81 bits per heavy atom. The van der Waals surface area contributed by atoms with Crippen LogP contribution in [0.25, 0.3) is 0 Å². The molecule has 1 aromatic rings. The molecule has 20 nitrogen and oxygen atoms in total. The van der Waals surface area contributed by atoms with Gasteiger partial charge in [0.25, 0.3) is 0 Å². The molecule has 2 amide bonds. The van der Waals surface area contributed by atoms with E-state index in [1.165, 1.54) is 0 Å². The number of urea groups is 1. The lowest BCUT2D eigenvalue weighted by atomic mass is 10.0. The molecule has 2 rings (SSSR count). The third-order valence-corrected chi connectivity index (χ3v) is 8.47. The highest BCUT2D eigenvalue weighted by Crippen LogP contribution is 2.16. The predicted octanol–water partition coefficient (Wildman–Crippen LogP) is -0.702. The van der Waals surface area contributed by atoms with Gasteiger partial charge >= 0.3 is 41.8 Å². The van der Waals surface area contributed by atoms with Gasteiger partial charge in [0, 0.05) is 57.4 Å². The molecule has 1 fully saturated rings. The summed E-state index contributed by atoms with van der Waals surface area (Å²) in [4.78, 5) is 85.6. The van der Waals surface area contributed by atoms with Crippen LogP contribution in [0.5, 0.6) is 0 Å². The molecule has 0 spiro atoms. The lowest BCUT2D eigenvalue weighted by Gasteiger charge is -2.33. The molecule has 1 heterocycles. The molecule has 1 unspecified atom stereocenters. The van der Waals surface area contributed by atoms with Gasteiger partial charge < -0.3 is 51.9 Å². The number of hydrogen-bond acceptors (Lipinski definition) is 11. The molecule has 0 radical (unpaired) electrons. The SMILES string of the molecule is O=C(O)CC[C@H](NC(=O)N[C@@H](CCCCNC(=S)Nc1ccc(CC2CN(CC(=O)O)CCN(CC(=O)O)CCN2CC(=O)O)cc1)C(=O)O)C(=O)O. The predicted molar refractivity (Wildman–Crippen MR) is 191 cm³/mol. The molecule has 1 aliphatic heterocycles. The molecule has 0 aliphatic carbocycles. The summed E-state index contributed by atoms with van der Waals surface area (Å²) in [5.74, 6) is -7.18. The molecular formula is C32H47N7O13S. The summed E-state index contributed by atoms with van der Waals surface area (Å²) in [7, 11) is 0. The first-order chi connectivity index (χ1) is 25.0. The van der Waals surface area contributed by atoms with E-state index in [9.17, 15) is 59.1 Å². The summed E-state index contributed by atoms with van der Waals surface area (Å²) < 4.78 is 0. The van der Waals surface area contributed by atoms with Crippen molar-refractivity contribution >= 4 is 64.9 Å². The Kier molecular flexibility index (Phi) is 18.9. The van der Waals surface area contributed by atoms with E-state index in [4.69, 9.17) is 17.3 Å². The number of carbonyl (C=O) groups is 7. The van der Waals surface area contributed by atoms with Gasteiger partial charge in [-0.25, -0.2) is 14.4 Å². The molecule has 0 aromatic heterocycles. The maximum atomic E-state index is 12.2. The van der Waals surface area contributed by atoms with Gasteiger partial charge in [-0.1, -0.05) is 12.1 Å². The first-order valence-electron chi connectivity index (χ1n) is 16.7. The van der Waals surface area contributed by atoms with Crippen molar-refractivity contribution < 1.29 is 64.2 Å². The summed E-state index contributed by atoms with van der Waals surface area (Å²) in [6, 6.07) is 2.95. The fourth-order valence-corrected chi connectivity index (χ4v) is 5.82. The molecule has 1 aromatic carbocycles. The van der Waals surface area contributed by atoms with Crippen LogP contribution in [0.3, 0.4) is 0 Å². The number of carbonyl (C=O) groups excluding carboxylic acids is 1. The first kappa shape index (κ1) is 44.0.